The summed E-state index contributed by atoms with van der Waals surface area (Å²) in [6, 6.07) is 1.73. The first-order valence-electron chi connectivity index (χ1n) is 3.25. The lowest BCUT2D eigenvalue weighted by molar-refractivity contribution is 0.539. The van der Waals surface area contributed by atoms with Gasteiger partial charge >= 0.3 is 0 Å². The van der Waals surface area contributed by atoms with Crippen molar-refractivity contribution in [2.45, 2.75) is 11.1 Å². The van der Waals surface area contributed by atoms with Gasteiger partial charge < -0.3 is 4.55 Å². The summed E-state index contributed by atoms with van der Waals surface area (Å²) >= 11 is 0.903. The molecule has 0 aromatic carbocycles. The largest absolute Gasteiger partial charge is 0.768 e. The Bertz CT molecular complexity index is 440. The van der Waals surface area contributed by atoms with E-state index in [2.05, 4.69) is 0 Å². The zero-order valence-corrected chi connectivity index (χ0v) is 8.65. The lowest BCUT2D eigenvalue weighted by atomic mass is 10.3. The van der Waals surface area contributed by atoms with Crippen LogP contribution in [0, 0.1) is 6.92 Å². The van der Waals surface area contributed by atoms with Crippen LogP contribution in [-0.2, 0) is 11.1 Å². The van der Waals surface area contributed by atoms with Gasteiger partial charge in [-0.05, 0) is 24.1 Å². The molecule has 0 amide bonds. The third kappa shape index (κ3) is 1.22. The molecule has 5 heteroatoms. The smallest absolute Gasteiger partial charge is 0.0785 e. The fourth-order valence-corrected chi connectivity index (χ4v) is 3.61. The molecule has 0 radical (unpaired) electrons. The van der Waals surface area contributed by atoms with Crippen molar-refractivity contribution < 1.29 is 8.76 Å². The van der Waals surface area contributed by atoms with Gasteiger partial charge in [-0.3, -0.25) is 4.21 Å². The van der Waals surface area contributed by atoms with Crippen LogP contribution in [-0.4, -0.2) is 8.76 Å². The molecule has 0 fully saturated rings. The van der Waals surface area contributed by atoms with Crippen LogP contribution in [0.25, 0.3) is 10.1 Å². The van der Waals surface area contributed by atoms with Gasteiger partial charge in [0.25, 0.3) is 0 Å². The molecule has 1 unspecified atom stereocenters. The SMILES string of the molecule is Cc1scc2sc(S(=O)[O-])cc12. The van der Waals surface area contributed by atoms with Gasteiger partial charge in [-0.2, -0.15) is 0 Å². The van der Waals surface area contributed by atoms with Crippen molar-refractivity contribution in [3.8, 4) is 0 Å². The van der Waals surface area contributed by atoms with E-state index in [4.69, 9.17) is 0 Å². The summed E-state index contributed by atoms with van der Waals surface area (Å²) in [4.78, 5) is 1.18. The molecule has 2 rings (SSSR count). The van der Waals surface area contributed by atoms with Gasteiger partial charge in [0.1, 0.15) is 0 Å². The summed E-state index contributed by atoms with van der Waals surface area (Å²) in [6.45, 7) is 2.00. The molecular weight excluding hydrogens is 212 g/mol. The molecule has 0 aliphatic rings. The van der Waals surface area contributed by atoms with E-state index in [1.54, 1.807) is 17.4 Å². The number of thiophene rings is 2. The quantitative estimate of drug-likeness (QED) is 0.689. The Hall–Kier alpha value is -0.230. The van der Waals surface area contributed by atoms with Crippen molar-refractivity contribution >= 4 is 43.8 Å². The van der Waals surface area contributed by atoms with Crippen LogP contribution < -0.4 is 0 Å². The van der Waals surface area contributed by atoms with E-state index < -0.39 is 11.1 Å². The normalized spacial score (nSPS) is 13.8. The molecule has 1 atom stereocenters. The van der Waals surface area contributed by atoms with Crippen molar-refractivity contribution in [2.75, 3.05) is 0 Å². The fourth-order valence-electron chi connectivity index (χ4n) is 1.03. The first kappa shape index (κ1) is 8.37. The zero-order chi connectivity index (χ0) is 8.72. The minimum absolute atomic E-state index is 0.427. The Balaban J connectivity index is 2.70. The average molecular weight is 217 g/mol. The minimum Gasteiger partial charge on any atom is -0.768 e. The topological polar surface area (TPSA) is 40.1 Å². The highest BCUT2D eigenvalue weighted by Gasteiger charge is 2.05. The summed E-state index contributed by atoms with van der Waals surface area (Å²) < 4.78 is 22.7. The first-order chi connectivity index (χ1) is 5.68. The fraction of sp³-hybridized carbons (Fsp3) is 0.143. The molecule has 12 heavy (non-hydrogen) atoms. The van der Waals surface area contributed by atoms with Gasteiger partial charge in [0, 0.05) is 20.3 Å². The number of rotatable bonds is 1. The predicted octanol–water partition coefficient (Wildman–Crippen LogP) is 2.51. The van der Waals surface area contributed by atoms with Gasteiger partial charge in [0.15, 0.2) is 0 Å². The van der Waals surface area contributed by atoms with Crippen molar-refractivity contribution in [1.29, 1.82) is 0 Å². The molecule has 0 bridgehead atoms. The minimum atomic E-state index is -2.08. The Morgan fingerprint density at radius 1 is 1.58 bits per heavy atom. The standard InChI is InChI=1S/C7H6O2S3/c1-4-5-2-7(12(8)9)11-6(5)3-10-4/h2-3H,1H3,(H,8,9)/p-1. The Morgan fingerprint density at radius 3 is 2.92 bits per heavy atom. The van der Waals surface area contributed by atoms with E-state index in [0.717, 1.165) is 10.1 Å². The molecule has 0 saturated heterocycles. The van der Waals surface area contributed by atoms with Crippen LogP contribution in [0.3, 0.4) is 0 Å². The maximum atomic E-state index is 10.6. The van der Waals surface area contributed by atoms with E-state index in [9.17, 15) is 8.76 Å². The van der Waals surface area contributed by atoms with Crippen LogP contribution in [0.2, 0.25) is 0 Å². The zero-order valence-electron chi connectivity index (χ0n) is 6.20. The summed E-state index contributed by atoms with van der Waals surface area (Å²) in [5.41, 5.74) is 0. The summed E-state index contributed by atoms with van der Waals surface area (Å²) in [6.07, 6.45) is 0. The lowest BCUT2D eigenvalue weighted by Gasteiger charge is -1.97. The first-order valence-corrected chi connectivity index (χ1v) is 6.02. The monoisotopic (exact) mass is 217 g/mol. The molecule has 0 aliphatic carbocycles. The van der Waals surface area contributed by atoms with E-state index in [0.29, 0.717) is 4.21 Å². The summed E-state index contributed by atoms with van der Waals surface area (Å²) in [7, 11) is 0. The highest BCUT2D eigenvalue weighted by Crippen LogP contribution is 2.33. The van der Waals surface area contributed by atoms with E-state index in [1.165, 1.54) is 16.2 Å². The molecule has 0 aliphatic heterocycles. The highest BCUT2D eigenvalue weighted by atomic mass is 32.2. The average Bonchev–Trinajstić information content (AvgIpc) is 2.53. The third-order valence-corrected chi connectivity index (χ3v) is 4.68. The van der Waals surface area contributed by atoms with Crippen molar-refractivity contribution in [2.24, 2.45) is 0 Å². The lowest BCUT2D eigenvalue weighted by Crippen LogP contribution is -1.80. The number of fused-ring (bicyclic) bond motifs is 1. The molecular formula is C7H5O2S3-. The van der Waals surface area contributed by atoms with Gasteiger partial charge in [-0.15, -0.1) is 22.7 Å². The summed E-state index contributed by atoms with van der Waals surface area (Å²) in [5.74, 6) is 0. The van der Waals surface area contributed by atoms with E-state index in [-0.39, 0.29) is 0 Å². The van der Waals surface area contributed by atoms with Crippen molar-refractivity contribution in [3.05, 3.63) is 16.3 Å². The van der Waals surface area contributed by atoms with E-state index >= 15 is 0 Å². The van der Waals surface area contributed by atoms with Gasteiger partial charge in [0.05, 0.1) is 4.21 Å². The predicted molar refractivity (Wildman–Crippen MR) is 51.6 cm³/mol. The Kier molecular flexibility index (Phi) is 2.04. The van der Waals surface area contributed by atoms with Gasteiger partial charge in [-0.1, -0.05) is 0 Å². The molecule has 0 saturated carbocycles. The highest BCUT2D eigenvalue weighted by molar-refractivity contribution is 7.82. The van der Waals surface area contributed by atoms with Crippen molar-refractivity contribution in [3.63, 3.8) is 0 Å². The molecule has 0 spiro atoms. The Labute approximate surface area is 80.1 Å². The second-order valence-corrected chi connectivity index (χ2v) is 5.71. The number of aryl methyl sites for hydroxylation is 1. The summed E-state index contributed by atoms with van der Waals surface area (Å²) in [5, 5.41) is 3.07. The number of hydrogen-bond acceptors (Lipinski definition) is 4. The molecule has 0 N–H and O–H groups in total. The Morgan fingerprint density at radius 2 is 2.33 bits per heavy atom. The maximum absolute atomic E-state index is 10.6. The molecule has 2 aromatic heterocycles. The van der Waals surface area contributed by atoms with Crippen molar-refractivity contribution in [1.82, 2.24) is 0 Å². The molecule has 2 nitrogen and oxygen atoms in total. The third-order valence-electron chi connectivity index (χ3n) is 1.62. The maximum Gasteiger partial charge on any atom is 0.0785 e. The molecule has 2 heterocycles. The van der Waals surface area contributed by atoms with Crippen LogP contribution in [0.5, 0.6) is 0 Å². The second kappa shape index (κ2) is 2.92. The van der Waals surface area contributed by atoms with Crippen LogP contribution >= 0.6 is 22.7 Å². The van der Waals surface area contributed by atoms with Gasteiger partial charge in [-0.25, -0.2) is 0 Å². The van der Waals surface area contributed by atoms with Crippen LogP contribution in [0.1, 0.15) is 4.88 Å². The second-order valence-electron chi connectivity index (χ2n) is 2.37. The van der Waals surface area contributed by atoms with E-state index in [1.807, 2.05) is 12.3 Å². The van der Waals surface area contributed by atoms with Gasteiger partial charge in [0.2, 0.25) is 0 Å². The molecule has 2 aromatic rings. The molecule has 64 valence electrons. The van der Waals surface area contributed by atoms with Crippen LogP contribution in [0.15, 0.2) is 15.7 Å². The van der Waals surface area contributed by atoms with Crippen LogP contribution in [0.4, 0.5) is 0 Å². The number of hydrogen-bond donors (Lipinski definition) is 0.